The third-order valence-electron chi connectivity index (χ3n) is 4.01. The molecule has 0 unspecified atom stereocenters. The second-order valence-corrected chi connectivity index (χ2v) is 7.27. The van der Waals surface area contributed by atoms with E-state index in [1.807, 2.05) is 43.3 Å². The van der Waals surface area contributed by atoms with Crippen molar-refractivity contribution in [2.45, 2.75) is 13.0 Å². The molecule has 25 heavy (non-hydrogen) atoms. The summed E-state index contributed by atoms with van der Waals surface area (Å²) in [6.45, 7) is 2.28. The number of nitrogens with one attached hydrogen (secondary N) is 1. The van der Waals surface area contributed by atoms with Crippen molar-refractivity contribution in [3.63, 3.8) is 0 Å². The minimum atomic E-state index is -0.0251. The van der Waals surface area contributed by atoms with Crippen molar-refractivity contribution in [3.8, 4) is 0 Å². The molecule has 0 radical (unpaired) electrons. The molecule has 0 aliphatic heterocycles. The zero-order chi connectivity index (χ0) is 17.6. The quantitative estimate of drug-likeness (QED) is 0.675. The van der Waals surface area contributed by atoms with Gasteiger partial charge < -0.3 is 10.6 Å². The molecule has 3 rings (SSSR count). The Morgan fingerprint density at radius 3 is 2.64 bits per heavy atom. The molecule has 1 aromatic heterocycles. The summed E-state index contributed by atoms with van der Waals surface area (Å²) < 4.78 is 0. The van der Waals surface area contributed by atoms with Crippen molar-refractivity contribution >= 4 is 34.5 Å². The van der Waals surface area contributed by atoms with Crippen LogP contribution < -0.4 is 10.6 Å². The topological polar surface area (TPSA) is 45.7 Å². The normalized spacial score (nSPS) is 11.9. The van der Waals surface area contributed by atoms with Gasteiger partial charge in [0.1, 0.15) is 6.04 Å². The first kappa shape index (κ1) is 17.7. The highest BCUT2D eigenvalue weighted by atomic mass is 35.5. The maximum atomic E-state index is 12.4. The van der Waals surface area contributed by atoms with Crippen molar-refractivity contribution in [2.75, 3.05) is 11.9 Å². The summed E-state index contributed by atoms with van der Waals surface area (Å²) in [7, 11) is 0. The summed E-state index contributed by atoms with van der Waals surface area (Å²) in [5.41, 5.74) is 2.95. The maximum Gasteiger partial charge on any atom is 0.279 e. The van der Waals surface area contributed by atoms with Crippen LogP contribution in [0.15, 0.2) is 66.0 Å². The van der Waals surface area contributed by atoms with Crippen LogP contribution in [0, 0.1) is 6.92 Å². The standard InChI is InChI=1S/C20H19ClN2OS/c1-14-12-16(21)9-10-17(14)23-19(24)13-22-20(18-8-5-11-25-18)15-6-3-2-4-7-15/h2-12,20,22H,13H2,1H3,(H,23,24)/p+1/t20-/m0/s1. The molecule has 5 heteroatoms. The number of amides is 1. The molecule has 1 atom stereocenters. The molecule has 0 aliphatic rings. The highest BCUT2D eigenvalue weighted by Gasteiger charge is 2.20. The lowest BCUT2D eigenvalue weighted by molar-refractivity contribution is -0.675. The van der Waals surface area contributed by atoms with Crippen LogP contribution in [0.2, 0.25) is 5.02 Å². The van der Waals surface area contributed by atoms with E-state index in [0.717, 1.165) is 11.3 Å². The first-order chi connectivity index (χ1) is 12.1. The van der Waals surface area contributed by atoms with Crippen LogP contribution in [-0.2, 0) is 4.79 Å². The lowest BCUT2D eigenvalue weighted by Crippen LogP contribution is -2.87. The number of carbonyl (C=O) groups is 1. The number of benzene rings is 2. The summed E-state index contributed by atoms with van der Waals surface area (Å²) in [5, 5.41) is 7.77. The molecule has 0 saturated heterocycles. The number of rotatable bonds is 6. The molecule has 3 N–H and O–H groups in total. The number of hydrogen-bond donors (Lipinski definition) is 2. The summed E-state index contributed by atoms with van der Waals surface area (Å²) in [6, 6.07) is 20.0. The lowest BCUT2D eigenvalue weighted by atomic mass is 10.1. The van der Waals surface area contributed by atoms with Gasteiger partial charge in [0.2, 0.25) is 0 Å². The molecule has 0 saturated carbocycles. The fourth-order valence-corrected chi connectivity index (χ4v) is 3.82. The molecule has 3 nitrogen and oxygen atoms in total. The predicted molar refractivity (Wildman–Crippen MR) is 104 cm³/mol. The number of carbonyl (C=O) groups excluding carboxylic acids is 1. The second-order valence-electron chi connectivity index (χ2n) is 5.85. The van der Waals surface area contributed by atoms with Crippen LogP contribution >= 0.6 is 22.9 Å². The zero-order valence-corrected chi connectivity index (χ0v) is 15.5. The average molecular weight is 372 g/mol. The summed E-state index contributed by atoms with van der Waals surface area (Å²) in [6.07, 6.45) is 0. The largest absolute Gasteiger partial charge is 0.328 e. The molecule has 0 aliphatic carbocycles. The molecule has 0 fully saturated rings. The number of halogens is 1. The SMILES string of the molecule is Cc1cc(Cl)ccc1NC(=O)C[NH2+][C@@H](c1ccccc1)c1cccs1. The Morgan fingerprint density at radius 2 is 1.96 bits per heavy atom. The number of hydrogen-bond acceptors (Lipinski definition) is 2. The summed E-state index contributed by atoms with van der Waals surface area (Å²) in [5.74, 6) is -0.0251. The monoisotopic (exact) mass is 371 g/mol. The van der Waals surface area contributed by atoms with Crippen LogP contribution in [-0.4, -0.2) is 12.5 Å². The van der Waals surface area contributed by atoms with Crippen LogP contribution in [0.1, 0.15) is 22.0 Å². The van der Waals surface area contributed by atoms with Crippen molar-refractivity contribution in [1.29, 1.82) is 0 Å². The van der Waals surface area contributed by atoms with E-state index in [2.05, 4.69) is 34.2 Å². The van der Waals surface area contributed by atoms with Crippen LogP contribution in [0.3, 0.4) is 0 Å². The van der Waals surface area contributed by atoms with E-state index in [9.17, 15) is 4.79 Å². The van der Waals surface area contributed by atoms with Crippen LogP contribution in [0.25, 0.3) is 0 Å². The molecular weight excluding hydrogens is 352 g/mol. The van der Waals surface area contributed by atoms with E-state index < -0.39 is 0 Å². The predicted octanol–water partition coefficient (Wildman–Crippen LogP) is 4.00. The first-order valence-electron chi connectivity index (χ1n) is 8.11. The van der Waals surface area contributed by atoms with Crippen molar-refractivity contribution in [2.24, 2.45) is 0 Å². The molecule has 1 amide bonds. The van der Waals surface area contributed by atoms with Crippen LogP contribution in [0.5, 0.6) is 0 Å². The molecule has 1 heterocycles. The maximum absolute atomic E-state index is 12.4. The second kappa shape index (κ2) is 8.30. The van der Waals surface area contributed by atoms with E-state index >= 15 is 0 Å². The number of anilines is 1. The minimum absolute atomic E-state index is 0.0251. The Hall–Kier alpha value is -2.14. The minimum Gasteiger partial charge on any atom is -0.328 e. The van der Waals surface area contributed by atoms with Gasteiger partial charge in [0.25, 0.3) is 5.91 Å². The third kappa shape index (κ3) is 4.69. The van der Waals surface area contributed by atoms with Crippen molar-refractivity contribution < 1.29 is 10.1 Å². The third-order valence-corrected chi connectivity index (χ3v) is 5.20. The fraction of sp³-hybridized carbons (Fsp3) is 0.150. The van der Waals surface area contributed by atoms with Gasteiger partial charge in [-0.2, -0.15) is 0 Å². The van der Waals surface area contributed by atoms with Crippen molar-refractivity contribution in [1.82, 2.24) is 0 Å². The van der Waals surface area contributed by atoms with Gasteiger partial charge in [-0.3, -0.25) is 4.79 Å². The Morgan fingerprint density at radius 1 is 1.16 bits per heavy atom. The number of quaternary nitrogens is 1. The van der Waals surface area contributed by atoms with E-state index in [1.54, 1.807) is 17.4 Å². The Kier molecular flexibility index (Phi) is 5.87. The van der Waals surface area contributed by atoms with Gasteiger partial charge in [-0.1, -0.05) is 48.0 Å². The van der Waals surface area contributed by atoms with Crippen molar-refractivity contribution in [3.05, 3.63) is 87.1 Å². The summed E-state index contributed by atoms with van der Waals surface area (Å²) >= 11 is 7.67. The molecule has 0 bridgehead atoms. The zero-order valence-electron chi connectivity index (χ0n) is 13.9. The lowest BCUT2D eigenvalue weighted by Gasteiger charge is -2.15. The van der Waals surface area contributed by atoms with E-state index in [1.165, 1.54) is 10.4 Å². The molecule has 2 aromatic carbocycles. The molecule has 0 spiro atoms. The molecule has 128 valence electrons. The number of aryl methyl sites for hydroxylation is 1. The van der Waals surface area contributed by atoms with E-state index in [4.69, 9.17) is 11.6 Å². The van der Waals surface area contributed by atoms with Gasteiger partial charge in [0.05, 0.1) is 4.88 Å². The Balaban J connectivity index is 1.68. The number of thiophene rings is 1. The Labute approximate surface area is 156 Å². The van der Waals surface area contributed by atoms with Gasteiger partial charge in [-0.15, -0.1) is 11.3 Å². The fourth-order valence-electron chi connectivity index (χ4n) is 2.74. The van der Waals surface area contributed by atoms with E-state index in [-0.39, 0.29) is 11.9 Å². The van der Waals surface area contributed by atoms with Gasteiger partial charge >= 0.3 is 0 Å². The van der Waals surface area contributed by atoms with Gasteiger partial charge in [0.15, 0.2) is 6.54 Å². The van der Waals surface area contributed by atoms with Gasteiger partial charge in [0, 0.05) is 16.3 Å². The Bertz CT molecular complexity index is 834. The molecular formula is C20H20ClN2OS+. The summed E-state index contributed by atoms with van der Waals surface area (Å²) in [4.78, 5) is 13.6. The van der Waals surface area contributed by atoms with E-state index in [0.29, 0.717) is 11.6 Å². The van der Waals surface area contributed by atoms with Crippen LogP contribution in [0.4, 0.5) is 5.69 Å². The van der Waals surface area contributed by atoms with Gasteiger partial charge in [-0.05, 0) is 42.1 Å². The number of nitrogens with two attached hydrogens (primary N) is 1. The molecule has 3 aromatic rings. The highest BCUT2D eigenvalue weighted by molar-refractivity contribution is 7.10. The average Bonchev–Trinajstić information content (AvgIpc) is 3.13. The highest BCUT2D eigenvalue weighted by Crippen LogP contribution is 2.22. The smallest absolute Gasteiger partial charge is 0.279 e. The first-order valence-corrected chi connectivity index (χ1v) is 9.37. The van der Waals surface area contributed by atoms with Gasteiger partial charge in [-0.25, -0.2) is 0 Å².